The van der Waals surface area contributed by atoms with Crippen LogP contribution in [0, 0.1) is 0 Å². The maximum Gasteiger partial charge on any atom is 0.129 e. The first-order valence-electron chi connectivity index (χ1n) is 6.24. The fourth-order valence-corrected chi connectivity index (χ4v) is 2.90. The minimum absolute atomic E-state index is 0.372. The van der Waals surface area contributed by atoms with Crippen LogP contribution in [-0.4, -0.2) is 17.6 Å². The first kappa shape index (κ1) is 13.0. The lowest BCUT2D eigenvalue weighted by Gasteiger charge is -2.36. The highest BCUT2D eigenvalue weighted by Crippen LogP contribution is 2.27. The van der Waals surface area contributed by atoms with Crippen LogP contribution in [-0.2, 0) is 5.88 Å². The second-order valence-electron chi connectivity index (χ2n) is 4.48. The number of alkyl halides is 1. The summed E-state index contributed by atoms with van der Waals surface area (Å²) in [5.74, 6) is 1.40. The molecule has 2 nitrogen and oxygen atoms in total. The molecule has 1 aliphatic rings. The summed E-state index contributed by atoms with van der Waals surface area (Å²) in [6.07, 6.45) is 5.00. The first-order valence-corrected chi connectivity index (χ1v) is 7.15. The second-order valence-corrected chi connectivity index (χ2v) is 5.16. The largest absolute Gasteiger partial charge is 0.354 e. The van der Waals surface area contributed by atoms with Crippen LogP contribution in [0.3, 0.4) is 0 Å². The van der Waals surface area contributed by atoms with Crippen molar-refractivity contribution in [2.45, 2.75) is 44.5 Å². The molecule has 4 heteroatoms. The third kappa shape index (κ3) is 2.86. The highest BCUT2D eigenvalue weighted by Gasteiger charge is 2.22. The zero-order chi connectivity index (χ0) is 12.3. The van der Waals surface area contributed by atoms with Crippen molar-refractivity contribution >= 4 is 29.0 Å². The number of hydrogen-bond acceptors (Lipinski definition) is 2. The molecular weight excluding hydrogens is 255 g/mol. The van der Waals surface area contributed by atoms with Crippen LogP contribution in [0.1, 0.15) is 38.3 Å². The molecule has 1 aliphatic heterocycles. The fourth-order valence-electron chi connectivity index (χ4n) is 2.45. The average Bonchev–Trinajstić information content (AvgIpc) is 2.39. The normalized spacial score (nSPS) is 20.6. The quantitative estimate of drug-likeness (QED) is 0.766. The average molecular weight is 273 g/mol. The van der Waals surface area contributed by atoms with Crippen molar-refractivity contribution in [3.63, 3.8) is 0 Å². The SMILES string of the molecule is CCC1CCCCN1c1ccc(Cl)c(CCl)n1. The van der Waals surface area contributed by atoms with Gasteiger partial charge in [-0.2, -0.15) is 0 Å². The highest BCUT2D eigenvalue weighted by atomic mass is 35.5. The standard InChI is InChI=1S/C13H18Cl2N2/c1-2-10-5-3-4-8-17(10)13-7-6-11(15)12(9-14)16-13/h6-7,10H,2-5,8-9H2,1H3. The number of aromatic nitrogens is 1. The first-order chi connectivity index (χ1) is 8.26. The molecule has 1 saturated heterocycles. The van der Waals surface area contributed by atoms with E-state index in [1.807, 2.05) is 12.1 Å². The number of halogens is 2. The number of hydrogen-bond donors (Lipinski definition) is 0. The van der Waals surface area contributed by atoms with Crippen LogP contribution in [0.2, 0.25) is 5.02 Å². The Bertz CT molecular complexity index is 382. The summed E-state index contributed by atoms with van der Waals surface area (Å²) in [6, 6.07) is 4.52. The number of anilines is 1. The Morgan fingerprint density at radius 2 is 2.24 bits per heavy atom. The summed E-state index contributed by atoms with van der Waals surface area (Å²) >= 11 is 11.9. The van der Waals surface area contributed by atoms with Gasteiger partial charge in [0.15, 0.2) is 0 Å². The van der Waals surface area contributed by atoms with E-state index in [1.54, 1.807) is 0 Å². The van der Waals surface area contributed by atoms with Crippen LogP contribution in [0.5, 0.6) is 0 Å². The summed E-state index contributed by atoms with van der Waals surface area (Å²) in [7, 11) is 0. The zero-order valence-electron chi connectivity index (χ0n) is 10.1. The topological polar surface area (TPSA) is 16.1 Å². The molecule has 0 aromatic carbocycles. The molecule has 2 rings (SSSR count). The van der Waals surface area contributed by atoms with Crippen LogP contribution < -0.4 is 4.90 Å². The van der Waals surface area contributed by atoms with Crippen molar-refractivity contribution in [3.05, 3.63) is 22.8 Å². The van der Waals surface area contributed by atoms with Gasteiger partial charge in [0.25, 0.3) is 0 Å². The van der Waals surface area contributed by atoms with Crippen molar-refractivity contribution in [3.8, 4) is 0 Å². The minimum Gasteiger partial charge on any atom is -0.354 e. The Labute approximate surface area is 113 Å². The van der Waals surface area contributed by atoms with Gasteiger partial charge in [-0.25, -0.2) is 4.98 Å². The highest BCUT2D eigenvalue weighted by molar-refractivity contribution is 6.32. The number of nitrogens with zero attached hydrogens (tertiary/aromatic N) is 2. The molecular formula is C13H18Cl2N2. The molecule has 0 aliphatic carbocycles. The molecule has 94 valence electrons. The minimum atomic E-state index is 0.372. The predicted molar refractivity (Wildman–Crippen MR) is 74.1 cm³/mol. The van der Waals surface area contributed by atoms with E-state index in [0.29, 0.717) is 16.9 Å². The lowest BCUT2D eigenvalue weighted by atomic mass is 10.00. The summed E-state index contributed by atoms with van der Waals surface area (Å²) in [4.78, 5) is 6.97. The van der Waals surface area contributed by atoms with E-state index in [0.717, 1.165) is 18.1 Å². The Hall–Kier alpha value is -0.470. The maximum absolute atomic E-state index is 6.04. The molecule has 1 atom stereocenters. The molecule has 17 heavy (non-hydrogen) atoms. The van der Waals surface area contributed by atoms with Gasteiger partial charge in [-0.1, -0.05) is 18.5 Å². The van der Waals surface area contributed by atoms with Gasteiger partial charge < -0.3 is 4.90 Å². The summed E-state index contributed by atoms with van der Waals surface area (Å²) < 4.78 is 0. The Morgan fingerprint density at radius 3 is 2.94 bits per heavy atom. The van der Waals surface area contributed by atoms with Gasteiger partial charge in [0, 0.05) is 12.6 Å². The van der Waals surface area contributed by atoms with E-state index < -0.39 is 0 Å². The van der Waals surface area contributed by atoms with E-state index in [-0.39, 0.29) is 0 Å². The molecule has 2 heterocycles. The van der Waals surface area contributed by atoms with Crippen LogP contribution >= 0.6 is 23.2 Å². The molecule has 0 bridgehead atoms. The van der Waals surface area contributed by atoms with E-state index in [1.165, 1.54) is 25.7 Å². The van der Waals surface area contributed by atoms with Gasteiger partial charge >= 0.3 is 0 Å². The molecule has 0 amide bonds. The smallest absolute Gasteiger partial charge is 0.129 e. The molecule has 1 aromatic heterocycles. The summed E-state index contributed by atoms with van der Waals surface area (Å²) in [6.45, 7) is 3.33. The van der Waals surface area contributed by atoms with Crippen LogP contribution in [0.4, 0.5) is 5.82 Å². The van der Waals surface area contributed by atoms with Crippen molar-refractivity contribution in [2.24, 2.45) is 0 Å². The molecule has 0 saturated carbocycles. The van der Waals surface area contributed by atoms with Gasteiger partial charge in [0.1, 0.15) is 5.82 Å². The third-order valence-electron chi connectivity index (χ3n) is 3.42. The molecule has 1 aromatic rings. The fraction of sp³-hybridized carbons (Fsp3) is 0.615. The van der Waals surface area contributed by atoms with Crippen LogP contribution in [0.25, 0.3) is 0 Å². The predicted octanol–water partition coefficient (Wildman–Crippen LogP) is 4.24. The Balaban J connectivity index is 2.25. The van der Waals surface area contributed by atoms with Crippen molar-refractivity contribution < 1.29 is 0 Å². The lowest BCUT2D eigenvalue weighted by Crippen LogP contribution is -2.39. The van der Waals surface area contributed by atoms with Crippen molar-refractivity contribution in [2.75, 3.05) is 11.4 Å². The van der Waals surface area contributed by atoms with Crippen LogP contribution in [0.15, 0.2) is 12.1 Å². The van der Waals surface area contributed by atoms with Gasteiger partial charge in [-0.3, -0.25) is 0 Å². The monoisotopic (exact) mass is 272 g/mol. The number of piperidine rings is 1. The van der Waals surface area contributed by atoms with E-state index in [2.05, 4.69) is 16.8 Å². The lowest BCUT2D eigenvalue weighted by molar-refractivity contribution is 0.446. The van der Waals surface area contributed by atoms with E-state index in [4.69, 9.17) is 23.2 Å². The van der Waals surface area contributed by atoms with Crippen molar-refractivity contribution in [1.82, 2.24) is 4.98 Å². The second kappa shape index (κ2) is 5.92. The maximum atomic E-state index is 6.04. The van der Waals surface area contributed by atoms with Gasteiger partial charge in [-0.05, 0) is 37.8 Å². The Morgan fingerprint density at radius 1 is 1.41 bits per heavy atom. The molecule has 0 N–H and O–H groups in total. The number of pyridine rings is 1. The molecule has 1 unspecified atom stereocenters. The zero-order valence-corrected chi connectivity index (χ0v) is 11.6. The van der Waals surface area contributed by atoms with Gasteiger partial charge in [-0.15, -0.1) is 11.6 Å². The number of rotatable bonds is 3. The van der Waals surface area contributed by atoms with Crippen molar-refractivity contribution in [1.29, 1.82) is 0 Å². The Kier molecular flexibility index (Phi) is 4.52. The summed E-state index contributed by atoms with van der Waals surface area (Å²) in [5.41, 5.74) is 0.784. The van der Waals surface area contributed by atoms with Gasteiger partial charge in [0.2, 0.25) is 0 Å². The van der Waals surface area contributed by atoms with Gasteiger partial charge in [0.05, 0.1) is 16.6 Å². The molecule has 0 radical (unpaired) electrons. The van der Waals surface area contributed by atoms with E-state index >= 15 is 0 Å². The summed E-state index contributed by atoms with van der Waals surface area (Å²) in [5, 5.41) is 0.661. The third-order valence-corrected chi connectivity index (χ3v) is 4.02. The molecule has 0 spiro atoms. The van der Waals surface area contributed by atoms with E-state index in [9.17, 15) is 0 Å². The molecule has 1 fully saturated rings.